The Bertz CT molecular complexity index is 1060. The maximum atomic E-state index is 13.7. The quantitative estimate of drug-likeness (QED) is 0.442. The number of halogens is 1. The van der Waals surface area contributed by atoms with Gasteiger partial charge in [0.05, 0.1) is 13.5 Å². The number of amides is 2. The molecule has 0 bridgehead atoms. The molecule has 1 atom stereocenters. The van der Waals surface area contributed by atoms with Crippen molar-refractivity contribution >= 4 is 40.4 Å². The fraction of sp³-hybridized carbons (Fsp3) is 0.308. The fourth-order valence-corrected chi connectivity index (χ4v) is 5.06. The van der Waals surface area contributed by atoms with Gasteiger partial charge in [0.1, 0.15) is 11.8 Å². The van der Waals surface area contributed by atoms with Crippen LogP contribution in [0.5, 0.6) is 5.75 Å². The minimum absolute atomic E-state index is 0.136. The van der Waals surface area contributed by atoms with Crippen molar-refractivity contribution in [2.75, 3.05) is 12.0 Å². The largest absolute Gasteiger partial charge is 0.497 e. The lowest BCUT2D eigenvalue weighted by molar-refractivity contribution is -0.127. The third-order valence-electron chi connectivity index (χ3n) is 5.92. The van der Waals surface area contributed by atoms with Gasteiger partial charge in [0.2, 0.25) is 11.8 Å². The molecule has 4 rings (SSSR count). The SMILES string of the molecule is COc1ccc(N(C(=O)Cc2cccs2)[C@@H](C(=O)NC2CCCC2)c2ccc(Cl)cc2)cc1. The van der Waals surface area contributed by atoms with Crippen molar-refractivity contribution in [2.24, 2.45) is 0 Å². The van der Waals surface area contributed by atoms with Crippen LogP contribution in [0.3, 0.4) is 0 Å². The molecular weight excluding hydrogens is 456 g/mol. The van der Waals surface area contributed by atoms with Crippen molar-refractivity contribution in [2.45, 2.75) is 44.2 Å². The highest BCUT2D eigenvalue weighted by Gasteiger charge is 2.34. The number of hydrogen-bond acceptors (Lipinski definition) is 4. The number of anilines is 1. The maximum Gasteiger partial charge on any atom is 0.248 e. The van der Waals surface area contributed by atoms with E-state index in [1.807, 2.05) is 41.8 Å². The summed E-state index contributed by atoms with van der Waals surface area (Å²) in [4.78, 5) is 29.9. The van der Waals surface area contributed by atoms with Gasteiger partial charge in [-0.15, -0.1) is 11.3 Å². The van der Waals surface area contributed by atoms with E-state index in [2.05, 4.69) is 5.32 Å². The molecule has 33 heavy (non-hydrogen) atoms. The second kappa shape index (κ2) is 10.9. The molecule has 0 spiro atoms. The number of carbonyl (C=O) groups is 2. The first-order valence-corrected chi connectivity index (χ1v) is 12.4. The molecule has 0 unspecified atom stereocenters. The summed E-state index contributed by atoms with van der Waals surface area (Å²) in [6, 6.07) is 17.6. The minimum atomic E-state index is -0.816. The van der Waals surface area contributed by atoms with Crippen molar-refractivity contribution in [3.05, 3.63) is 81.5 Å². The molecule has 5 nitrogen and oxygen atoms in total. The van der Waals surface area contributed by atoms with Crippen LogP contribution < -0.4 is 15.0 Å². The Labute approximate surface area is 203 Å². The van der Waals surface area contributed by atoms with Crippen LogP contribution in [0.4, 0.5) is 5.69 Å². The van der Waals surface area contributed by atoms with E-state index in [1.54, 1.807) is 36.3 Å². The predicted molar refractivity (Wildman–Crippen MR) is 133 cm³/mol. The summed E-state index contributed by atoms with van der Waals surface area (Å²) in [7, 11) is 1.60. The van der Waals surface area contributed by atoms with Crippen LogP contribution in [0.2, 0.25) is 5.02 Å². The Hall–Kier alpha value is -2.83. The molecule has 2 amide bonds. The lowest BCUT2D eigenvalue weighted by Crippen LogP contribution is -2.46. The molecule has 1 heterocycles. The predicted octanol–water partition coefficient (Wildman–Crippen LogP) is 5.79. The zero-order chi connectivity index (χ0) is 23.2. The van der Waals surface area contributed by atoms with Gasteiger partial charge in [-0.3, -0.25) is 14.5 Å². The number of methoxy groups -OCH3 is 1. The van der Waals surface area contributed by atoms with Gasteiger partial charge in [-0.2, -0.15) is 0 Å². The highest BCUT2D eigenvalue weighted by Crippen LogP contribution is 2.32. The first-order valence-electron chi connectivity index (χ1n) is 11.1. The van der Waals surface area contributed by atoms with Gasteiger partial charge in [-0.1, -0.05) is 42.6 Å². The molecule has 1 N–H and O–H groups in total. The van der Waals surface area contributed by atoms with E-state index in [1.165, 1.54) is 11.3 Å². The van der Waals surface area contributed by atoms with Crippen molar-refractivity contribution in [1.29, 1.82) is 0 Å². The summed E-state index contributed by atoms with van der Waals surface area (Å²) in [5, 5.41) is 5.72. The zero-order valence-corrected chi connectivity index (χ0v) is 20.1. The molecule has 0 saturated heterocycles. The smallest absolute Gasteiger partial charge is 0.248 e. The van der Waals surface area contributed by atoms with Crippen LogP contribution in [0, 0.1) is 0 Å². The Balaban J connectivity index is 1.75. The third kappa shape index (κ3) is 5.75. The summed E-state index contributed by atoms with van der Waals surface area (Å²) in [5.74, 6) is 0.353. The number of hydrogen-bond donors (Lipinski definition) is 1. The molecule has 2 aromatic carbocycles. The van der Waals surface area contributed by atoms with E-state index >= 15 is 0 Å². The van der Waals surface area contributed by atoms with Crippen molar-refractivity contribution < 1.29 is 14.3 Å². The Morgan fingerprint density at radius 1 is 1.09 bits per heavy atom. The number of nitrogens with one attached hydrogen (secondary N) is 1. The van der Waals surface area contributed by atoms with Crippen LogP contribution in [-0.4, -0.2) is 25.0 Å². The summed E-state index contributed by atoms with van der Waals surface area (Å²) in [6.45, 7) is 0. The number of thiophene rings is 1. The van der Waals surface area contributed by atoms with Crippen LogP contribution in [-0.2, 0) is 16.0 Å². The Kier molecular flexibility index (Phi) is 7.68. The first-order chi connectivity index (χ1) is 16.0. The third-order valence-corrected chi connectivity index (χ3v) is 7.05. The van der Waals surface area contributed by atoms with E-state index in [0.717, 1.165) is 30.6 Å². The molecule has 1 aromatic heterocycles. The van der Waals surface area contributed by atoms with E-state index in [9.17, 15) is 9.59 Å². The van der Waals surface area contributed by atoms with E-state index in [4.69, 9.17) is 16.3 Å². The average molecular weight is 483 g/mol. The lowest BCUT2D eigenvalue weighted by Gasteiger charge is -2.32. The molecule has 1 aliphatic rings. The monoisotopic (exact) mass is 482 g/mol. The molecule has 1 saturated carbocycles. The normalized spacial score (nSPS) is 14.6. The van der Waals surface area contributed by atoms with Gasteiger partial charge >= 0.3 is 0 Å². The van der Waals surface area contributed by atoms with Gasteiger partial charge in [-0.25, -0.2) is 0 Å². The van der Waals surface area contributed by atoms with Crippen LogP contribution in [0.15, 0.2) is 66.0 Å². The number of carbonyl (C=O) groups excluding carboxylic acids is 2. The van der Waals surface area contributed by atoms with Crippen molar-refractivity contribution in [3.8, 4) is 5.75 Å². The summed E-state index contributed by atoms with van der Waals surface area (Å²) < 4.78 is 5.29. The molecule has 1 fully saturated rings. The Morgan fingerprint density at radius 3 is 2.39 bits per heavy atom. The van der Waals surface area contributed by atoms with E-state index in [0.29, 0.717) is 22.0 Å². The maximum absolute atomic E-state index is 13.7. The fourth-order valence-electron chi connectivity index (χ4n) is 4.24. The average Bonchev–Trinajstić information content (AvgIpc) is 3.53. The topological polar surface area (TPSA) is 58.6 Å². The molecule has 172 valence electrons. The number of benzene rings is 2. The van der Waals surface area contributed by atoms with Crippen LogP contribution in [0.1, 0.15) is 42.2 Å². The van der Waals surface area contributed by atoms with Gasteiger partial charge in [0.25, 0.3) is 0 Å². The van der Waals surface area contributed by atoms with Gasteiger partial charge in [-0.05, 0) is 66.2 Å². The van der Waals surface area contributed by atoms with Crippen molar-refractivity contribution in [3.63, 3.8) is 0 Å². The molecule has 0 radical (unpaired) electrons. The highest BCUT2D eigenvalue weighted by molar-refractivity contribution is 7.10. The summed E-state index contributed by atoms with van der Waals surface area (Å²) in [6.07, 6.45) is 4.35. The molecule has 0 aliphatic heterocycles. The first kappa shape index (κ1) is 23.3. The Morgan fingerprint density at radius 2 is 1.79 bits per heavy atom. The summed E-state index contributed by atoms with van der Waals surface area (Å²) >= 11 is 7.66. The number of ether oxygens (including phenoxy) is 1. The van der Waals surface area contributed by atoms with Crippen LogP contribution in [0.25, 0.3) is 0 Å². The molecule has 3 aromatic rings. The molecule has 7 heteroatoms. The van der Waals surface area contributed by atoms with E-state index < -0.39 is 6.04 Å². The van der Waals surface area contributed by atoms with Gasteiger partial charge < -0.3 is 10.1 Å². The second-order valence-corrected chi connectivity index (χ2v) is 9.63. The number of rotatable bonds is 8. The zero-order valence-electron chi connectivity index (χ0n) is 18.5. The second-order valence-electron chi connectivity index (χ2n) is 8.16. The highest BCUT2D eigenvalue weighted by atomic mass is 35.5. The summed E-state index contributed by atoms with van der Waals surface area (Å²) in [5.41, 5.74) is 1.35. The lowest BCUT2D eigenvalue weighted by atomic mass is 10.0. The van der Waals surface area contributed by atoms with Gasteiger partial charge in [0, 0.05) is 21.6 Å². The number of nitrogens with zero attached hydrogens (tertiary/aromatic N) is 1. The van der Waals surface area contributed by atoms with E-state index in [-0.39, 0.29) is 24.3 Å². The molecular formula is C26H27ClN2O3S. The standard InChI is InChI=1S/C26H27ClN2O3S/c1-32-22-14-12-21(13-15-22)29(24(30)17-23-7-4-16-33-23)25(18-8-10-19(27)11-9-18)26(31)28-20-5-2-3-6-20/h4,7-16,20,25H,2-3,5-6,17H2,1H3,(H,28,31)/t25-/m1/s1. The molecule has 1 aliphatic carbocycles. The minimum Gasteiger partial charge on any atom is -0.497 e. The van der Waals surface area contributed by atoms with Crippen molar-refractivity contribution in [1.82, 2.24) is 5.32 Å². The van der Waals surface area contributed by atoms with Gasteiger partial charge in [0.15, 0.2) is 0 Å². The van der Waals surface area contributed by atoms with Crippen LogP contribution >= 0.6 is 22.9 Å².